The van der Waals surface area contributed by atoms with Gasteiger partial charge < -0.3 is 17.7 Å². The van der Waals surface area contributed by atoms with E-state index in [0.29, 0.717) is 18.6 Å². The molecule has 0 fully saturated rings. The van der Waals surface area contributed by atoms with E-state index in [1.165, 1.54) is 0 Å². The van der Waals surface area contributed by atoms with Gasteiger partial charge in [0.15, 0.2) is 11.6 Å². The summed E-state index contributed by atoms with van der Waals surface area (Å²) in [5.74, 6) is -1.18. The fourth-order valence-electron chi connectivity index (χ4n) is 1.66. The molecule has 0 aliphatic carbocycles. The van der Waals surface area contributed by atoms with Gasteiger partial charge in [-0.1, -0.05) is 6.07 Å². The molecule has 0 spiro atoms. The number of hydrogen-bond donors (Lipinski definition) is 0. The molecule has 0 aliphatic rings. The van der Waals surface area contributed by atoms with E-state index in [9.17, 15) is 17.3 Å². The van der Waals surface area contributed by atoms with Crippen LogP contribution in [0.25, 0.3) is 0 Å². The molecule has 21 heavy (non-hydrogen) atoms. The van der Waals surface area contributed by atoms with Crippen molar-refractivity contribution in [3.05, 3.63) is 54.1 Å². The van der Waals surface area contributed by atoms with E-state index < -0.39 is 18.3 Å². The Bertz CT molecular complexity index is 580. The molecule has 1 heterocycles. The van der Waals surface area contributed by atoms with Crippen molar-refractivity contribution < 1.29 is 73.5 Å². The Balaban J connectivity index is 0.00000220. The van der Waals surface area contributed by atoms with Crippen LogP contribution in [-0.2, 0) is 6.42 Å². The van der Waals surface area contributed by atoms with Crippen molar-refractivity contribution in [2.75, 3.05) is 6.61 Å². The Morgan fingerprint density at radius 1 is 1.05 bits per heavy atom. The van der Waals surface area contributed by atoms with Gasteiger partial charge in [-0.2, -0.15) is 0 Å². The van der Waals surface area contributed by atoms with Gasteiger partial charge in [-0.15, -0.1) is 5.46 Å². The van der Waals surface area contributed by atoms with Crippen LogP contribution in [0, 0.1) is 5.82 Å². The third kappa shape index (κ3) is 5.71. The smallest absolute Gasteiger partial charge is 0.490 e. The zero-order valence-electron chi connectivity index (χ0n) is 11.4. The minimum absolute atomic E-state index is 0. The van der Waals surface area contributed by atoms with Crippen molar-refractivity contribution in [1.82, 2.24) is 4.98 Å². The van der Waals surface area contributed by atoms with Gasteiger partial charge >= 0.3 is 58.4 Å². The molecular formula is C13H11BF4KNO. The zero-order chi connectivity index (χ0) is 14.6. The molecule has 0 atom stereocenters. The van der Waals surface area contributed by atoms with Gasteiger partial charge in [0.2, 0.25) is 0 Å². The maximum Gasteiger partial charge on any atom is 1.00 e. The molecule has 8 heteroatoms. The van der Waals surface area contributed by atoms with Crippen LogP contribution in [-0.4, -0.2) is 18.6 Å². The number of nitrogens with zero attached hydrogens (tertiary/aromatic N) is 1. The topological polar surface area (TPSA) is 22.1 Å². The van der Waals surface area contributed by atoms with Crippen LogP contribution in [0.15, 0.2) is 42.7 Å². The summed E-state index contributed by atoms with van der Waals surface area (Å²) >= 11 is 0. The first kappa shape index (κ1) is 18.6. The molecule has 106 valence electrons. The van der Waals surface area contributed by atoms with Crippen LogP contribution in [0.1, 0.15) is 5.56 Å². The maximum absolute atomic E-state index is 13.4. The average Bonchev–Trinajstić information content (AvgIpc) is 2.41. The normalized spacial score (nSPS) is 10.9. The molecule has 0 N–H and O–H groups in total. The molecule has 0 unspecified atom stereocenters. The van der Waals surface area contributed by atoms with Crippen LogP contribution in [0.4, 0.5) is 17.3 Å². The summed E-state index contributed by atoms with van der Waals surface area (Å²) < 4.78 is 56.2. The van der Waals surface area contributed by atoms with Crippen LogP contribution >= 0.6 is 0 Å². The van der Waals surface area contributed by atoms with Crippen LogP contribution < -0.4 is 61.6 Å². The number of ether oxygens (including phenoxy) is 1. The molecule has 0 bridgehead atoms. The van der Waals surface area contributed by atoms with Crippen molar-refractivity contribution in [2.24, 2.45) is 0 Å². The fraction of sp³-hybridized carbons (Fsp3) is 0.154. The number of rotatable bonds is 5. The predicted molar refractivity (Wildman–Crippen MR) is 68.5 cm³/mol. The maximum atomic E-state index is 13.4. The van der Waals surface area contributed by atoms with E-state index >= 15 is 0 Å². The molecule has 0 aliphatic heterocycles. The van der Waals surface area contributed by atoms with Crippen molar-refractivity contribution in [2.45, 2.75) is 6.42 Å². The Morgan fingerprint density at radius 2 is 1.71 bits per heavy atom. The molecule has 0 saturated carbocycles. The third-order valence-electron chi connectivity index (χ3n) is 2.73. The molecule has 1 aromatic carbocycles. The first-order valence-corrected chi connectivity index (χ1v) is 5.98. The monoisotopic (exact) mass is 323 g/mol. The Kier molecular flexibility index (Phi) is 7.35. The van der Waals surface area contributed by atoms with Crippen LogP contribution in [0.2, 0.25) is 0 Å². The minimum atomic E-state index is -5.16. The number of benzene rings is 1. The second kappa shape index (κ2) is 8.28. The molecule has 0 radical (unpaired) electrons. The van der Waals surface area contributed by atoms with Crippen molar-refractivity contribution in [3.8, 4) is 5.75 Å². The second-order valence-electron chi connectivity index (χ2n) is 4.22. The molecule has 2 nitrogen and oxygen atoms in total. The third-order valence-corrected chi connectivity index (χ3v) is 2.73. The summed E-state index contributed by atoms with van der Waals surface area (Å²) in [6.45, 7) is -5.07. The van der Waals surface area contributed by atoms with Crippen molar-refractivity contribution in [1.29, 1.82) is 0 Å². The largest absolute Gasteiger partial charge is 1.00 e. The van der Waals surface area contributed by atoms with E-state index in [4.69, 9.17) is 4.74 Å². The van der Waals surface area contributed by atoms with Gasteiger partial charge in [-0.3, -0.25) is 4.98 Å². The summed E-state index contributed by atoms with van der Waals surface area (Å²) in [6, 6.07) is 5.70. The van der Waals surface area contributed by atoms with Crippen LogP contribution in [0.5, 0.6) is 5.75 Å². The van der Waals surface area contributed by atoms with Gasteiger partial charge in [0.25, 0.3) is 0 Å². The molecule has 0 amide bonds. The van der Waals surface area contributed by atoms with E-state index in [2.05, 4.69) is 4.98 Å². The van der Waals surface area contributed by atoms with Gasteiger partial charge in [0.05, 0.1) is 6.61 Å². The summed E-state index contributed by atoms with van der Waals surface area (Å²) in [5.41, 5.74) is 0.0434. The predicted octanol–water partition coefficient (Wildman–Crippen LogP) is -0.0994. The number of hydrogen-bond acceptors (Lipinski definition) is 2. The number of aromatic nitrogens is 1. The number of halogens is 4. The standard InChI is InChI=1S/C13H11BF4NO.K/c15-12-2-1-11(14(16,17)18)9-13(12)20-8-5-10-3-6-19-7-4-10;/h1-4,6-7,9H,5,8H2;/q-1;+1. The molecule has 1 aromatic heterocycles. The Labute approximate surface area is 162 Å². The first-order valence-electron chi connectivity index (χ1n) is 5.98. The van der Waals surface area contributed by atoms with Crippen molar-refractivity contribution >= 4 is 12.4 Å². The second-order valence-corrected chi connectivity index (χ2v) is 4.22. The molecule has 2 aromatic rings. The minimum Gasteiger partial charge on any atom is -0.490 e. The van der Waals surface area contributed by atoms with Gasteiger partial charge in [-0.05, 0) is 29.8 Å². The zero-order valence-corrected chi connectivity index (χ0v) is 14.5. The van der Waals surface area contributed by atoms with Gasteiger partial charge in [0, 0.05) is 18.8 Å². The van der Waals surface area contributed by atoms with Gasteiger partial charge in [-0.25, -0.2) is 4.39 Å². The molecule has 0 saturated heterocycles. The van der Waals surface area contributed by atoms with Crippen LogP contribution in [0.3, 0.4) is 0 Å². The summed E-state index contributed by atoms with van der Waals surface area (Å²) in [4.78, 5) is 3.84. The fourth-order valence-corrected chi connectivity index (χ4v) is 1.66. The van der Waals surface area contributed by atoms with E-state index in [0.717, 1.165) is 11.6 Å². The molecule has 2 rings (SSSR count). The van der Waals surface area contributed by atoms with Crippen molar-refractivity contribution in [3.63, 3.8) is 0 Å². The van der Waals surface area contributed by atoms with E-state index in [1.54, 1.807) is 24.5 Å². The average molecular weight is 323 g/mol. The van der Waals surface area contributed by atoms with E-state index in [-0.39, 0.29) is 63.7 Å². The first-order chi connectivity index (χ1) is 9.47. The molecular weight excluding hydrogens is 312 g/mol. The number of pyridine rings is 1. The van der Waals surface area contributed by atoms with E-state index in [1.807, 2.05) is 0 Å². The SMILES string of the molecule is Fc1ccc([B-](F)(F)F)cc1OCCc1ccncc1.[K+]. The summed E-state index contributed by atoms with van der Waals surface area (Å²) in [5, 5.41) is 0. The Hall–Kier alpha value is -0.409. The summed E-state index contributed by atoms with van der Waals surface area (Å²) in [7, 11) is 0. The summed E-state index contributed by atoms with van der Waals surface area (Å²) in [6.07, 6.45) is 3.66. The Morgan fingerprint density at radius 3 is 2.33 bits per heavy atom. The quantitative estimate of drug-likeness (QED) is 0.566. The van der Waals surface area contributed by atoms with Gasteiger partial charge in [0.1, 0.15) is 0 Å².